The van der Waals surface area contributed by atoms with Crippen LogP contribution in [0.1, 0.15) is 49.7 Å². The number of amidine groups is 1. The number of hydrogen-bond donors (Lipinski definition) is 2. The number of nitrogens with two attached hydrogens (primary N) is 1. The Kier molecular flexibility index (Phi) is 5.35. The maximum absolute atomic E-state index is 13.3. The standard InChI is InChI=1S/C15H21FN2O2/c16-12-8-7-11(14(9-12)15(17)18-19)10-20-13-5-3-1-2-4-6-13/h7-9,13,19H,1-6,10H2,(H2,17,18). The van der Waals surface area contributed by atoms with Crippen LogP contribution >= 0.6 is 0 Å². The second-order valence-corrected chi connectivity index (χ2v) is 5.21. The average molecular weight is 280 g/mol. The molecule has 0 radical (unpaired) electrons. The molecule has 20 heavy (non-hydrogen) atoms. The zero-order valence-corrected chi connectivity index (χ0v) is 11.5. The van der Waals surface area contributed by atoms with Crippen LogP contribution in [0.15, 0.2) is 23.4 Å². The Morgan fingerprint density at radius 1 is 1.30 bits per heavy atom. The Hall–Kier alpha value is -1.62. The van der Waals surface area contributed by atoms with Gasteiger partial charge in [0, 0.05) is 5.56 Å². The van der Waals surface area contributed by atoms with Gasteiger partial charge >= 0.3 is 0 Å². The number of ether oxygens (including phenoxy) is 1. The summed E-state index contributed by atoms with van der Waals surface area (Å²) < 4.78 is 19.2. The van der Waals surface area contributed by atoms with Gasteiger partial charge in [0.15, 0.2) is 5.84 Å². The molecule has 0 atom stereocenters. The first-order valence-corrected chi connectivity index (χ1v) is 7.08. The van der Waals surface area contributed by atoms with Crippen LogP contribution < -0.4 is 5.73 Å². The van der Waals surface area contributed by atoms with E-state index in [2.05, 4.69) is 5.16 Å². The Bertz CT molecular complexity index is 469. The molecule has 0 bridgehead atoms. The van der Waals surface area contributed by atoms with Gasteiger partial charge in [-0.3, -0.25) is 0 Å². The van der Waals surface area contributed by atoms with Crippen molar-refractivity contribution in [3.63, 3.8) is 0 Å². The van der Waals surface area contributed by atoms with Crippen LogP contribution in [-0.4, -0.2) is 17.1 Å². The van der Waals surface area contributed by atoms with E-state index < -0.39 is 5.82 Å². The minimum atomic E-state index is -0.412. The lowest BCUT2D eigenvalue weighted by Crippen LogP contribution is -2.18. The Morgan fingerprint density at radius 3 is 2.65 bits per heavy atom. The number of halogens is 1. The normalized spacial score (nSPS) is 17.9. The van der Waals surface area contributed by atoms with Gasteiger partial charge in [-0.1, -0.05) is 36.9 Å². The van der Waals surface area contributed by atoms with Gasteiger partial charge in [0.05, 0.1) is 12.7 Å². The van der Waals surface area contributed by atoms with Crippen LogP contribution in [0.2, 0.25) is 0 Å². The van der Waals surface area contributed by atoms with E-state index in [4.69, 9.17) is 15.7 Å². The Labute approximate surface area is 118 Å². The molecule has 0 saturated heterocycles. The lowest BCUT2D eigenvalue weighted by atomic mass is 10.1. The van der Waals surface area contributed by atoms with Crippen molar-refractivity contribution in [3.8, 4) is 0 Å². The molecule has 2 rings (SSSR count). The maximum atomic E-state index is 13.3. The second-order valence-electron chi connectivity index (χ2n) is 5.21. The van der Waals surface area contributed by atoms with Crippen LogP contribution in [0.3, 0.4) is 0 Å². The highest BCUT2D eigenvalue weighted by Gasteiger charge is 2.15. The lowest BCUT2D eigenvalue weighted by Gasteiger charge is -2.16. The molecular weight excluding hydrogens is 259 g/mol. The summed E-state index contributed by atoms with van der Waals surface area (Å²) in [5.74, 6) is -0.506. The van der Waals surface area contributed by atoms with Crippen LogP contribution in [-0.2, 0) is 11.3 Å². The fourth-order valence-electron chi connectivity index (χ4n) is 2.58. The monoisotopic (exact) mass is 280 g/mol. The summed E-state index contributed by atoms with van der Waals surface area (Å²) in [5, 5.41) is 11.7. The molecule has 0 spiro atoms. The third-order valence-corrected chi connectivity index (χ3v) is 3.73. The topological polar surface area (TPSA) is 67.8 Å². The molecule has 1 saturated carbocycles. The summed E-state index contributed by atoms with van der Waals surface area (Å²) in [7, 11) is 0. The number of hydrogen-bond acceptors (Lipinski definition) is 3. The molecule has 4 nitrogen and oxygen atoms in total. The molecule has 0 aliphatic heterocycles. The first-order chi connectivity index (χ1) is 9.70. The zero-order chi connectivity index (χ0) is 14.4. The SMILES string of the molecule is NC(=NO)c1cc(F)ccc1COC1CCCCCC1. The smallest absolute Gasteiger partial charge is 0.170 e. The third-order valence-electron chi connectivity index (χ3n) is 3.73. The lowest BCUT2D eigenvalue weighted by molar-refractivity contribution is 0.0309. The van der Waals surface area contributed by atoms with Gasteiger partial charge in [0.25, 0.3) is 0 Å². The van der Waals surface area contributed by atoms with Crippen LogP contribution in [0, 0.1) is 5.82 Å². The highest BCUT2D eigenvalue weighted by molar-refractivity contribution is 5.98. The fraction of sp³-hybridized carbons (Fsp3) is 0.533. The molecule has 0 amide bonds. The summed E-state index contributed by atoms with van der Waals surface area (Å²) in [4.78, 5) is 0. The number of benzene rings is 1. The van der Waals surface area contributed by atoms with Crippen molar-refractivity contribution in [1.29, 1.82) is 0 Å². The van der Waals surface area contributed by atoms with Gasteiger partial charge < -0.3 is 15.7 Å². The van der Waals surface area contributed by atoms with E-state index in [0.29, 0.717) is 12.2 Å². The minimum absolute atomic E-state index is 0.0935. The summed E-state index contributed by atoms with van der Waals surface area (Å²) in [6, 6.07) is 4.25. The predicted octanol–water partition coefficient (Wildman–Crippen LogP) is 3.16. The molecule has 1 aromatic rings. The number of oxime groups is 1. The van der Waals surface area contributed by atoms with Crippen molar-refractivity contribution >= 4 is 5.84 Å². The van der Waals surface area contributed by atoms with Gasteiger partial charge in [-0.25, -0.2) is 4.39 Å². The van der Waals surface area contributed by atoms with Crippen LogP contribution in [0.5, 0.6) is 0 Å². The second kappa shape index (κ2) is 7.24. The van der Waals surface area contributed by atoms with Crippen molar-refractivity contribution in [3.05, 3.63) is 35.1 Å². The van der Waals surface area contributed by atoms with Gasteiger partial charge in [-0.15, -0.1) is 0 Å². The molecule has 1 aliphatic carbocycles. The Morgan fingerprint density at radius 2 is 2.00 bits per heavy atom. The van der Waals surface area contributed by atoms with E-state index in [1.807, 2.05) is 0 Å². The predicted molar refractivity (Wildman–Crippen MR) is 75.2 cm³/mol. The highest BCUT2D eigenvalue weighted by atomic mass is 19.1. The van der Waals surface area contributed by atoms with E-state index in [-0.39, 0.29) is 11.9 Å². The van der Waals surface area contributed by atoms with Crippen molar-refractivity contribution in [2.45, 2.75) is 51.2 Å². The summed E-state index contributed by atoms with van der Waals surface area (Å²) in [6.45, 7) is 0.358. The zero-order valence-electron chi connectivity index (χ0n) is 11.5. The molecule has 5 heteroatoms. The minimum Gasteiger partial charge on any atom is -0.409 e. The van der Waals surface area contributed by atoms with Gasteiger partial charge in [-0.05, 0) is 30.5 Å². The number of rotatable bonds is 4. The van der Waals surface area contributed by atoms with E-state index >= 15 is 0 Å². The molecule has 1 fully saturated rings. The summed E-state index contributed by atoms with van der Waals surface area (Å²) in [6.07, 6.45) is 7.32. The van der Waals surface area contributed by atoms with Crippen molar-refractivity contribution in [2.75, 3.05) is 0 Å². The summed E-state index contributed by atoms with van der Waals surface area (Å²) >= 11 is 0. The van der Waals surface area contributed by atoms with Gasteiger partial charge in [0.1, 0.15) is 5.82 Å². The molecule has 0 aromatic heterocycles. The van der Waals surface area contributed by atoms with E-state index in [9.17, 15) is 4.39 Å². The molecule has 1 aromatic carbocycles. The molecule has 0 unspecified atom stereocenters. The third kappa shape index (κ3) is 3.93. The quantitative estimate of drug-likeness (QED) is 0.293. The van der Waals surface area contributed by atoms with Gasteiger partial charge in [-0.2, -0.15) is 0 Å². The Balaban J connectivity index is 2.04. The van der Waals surface area contributed by atoms with Crippen molar-refractivity contribution in [2.24, 2.45) is 10.9 Å². The van der Waals surface area contributed by atoms with Crippen LogP contribution in [0.25, 0.3) is 0 Å². The molecule has 1 aliphatic rings. The number of nitrogens with zero attached hydrogens (tertiary/aromatic N) is 1. The summed E-state index contributed by atoms with van der Waals surface area (Å²) in [5.41, 5.74) is 6.71. The average Bonchev–Trinajstić information content (AvgIpc) is 2.73. The molecule has 0 heterocycles. The van der Waals surface area contributed by atoms with E-state index in [1.54, 1.807) is 6.07 Å². The van der Waals surface area contributed by atoms with Gasteiger partial charge in [0.2, 0.25) is 0 Å². The van der Waals surface area contributed by atoms with E-state index in [1.165, 1.54) is 37.8 Å². The molecule has 3 N–H and O–H groups in total. The van der Waals surface area contributed by atoms with Crippen LogP contribution in [0.4, 0.5) is 4.39 Å². The van der Waals surface area contributed by atoms with Crippen molar-refractivity contribution < 1.29 is 14.3 Å². The molecule has 110 valence electrons. The largest absolute Gasteiger partial charge is 0.409 e. The maximum Gasteiger partial charge on any atom is 0.170 e. The first kappa shape index (κ1) is 14.8. The molecular formula is C15H21FN2O2. The first-order valence-electron chi connectivity index (χ1n) is 7.08. The van der Waals surface area contributed by atoms with E-state index in [0.717, 1.165) is 18.4 Å². The fourth-order valence-corrected chi connectivity index (χ4v) is 2.58. The van der Waals surface area contributed by atoms with Crippen molar-refractivity contribution in [1.82, 2.24) is 0 Å². The highest BCUT2D eigenvalue weighted by Crippen LogP contribution is 2.22.